The summed E-state index contributed by atoms with van der Waals surface area (Å²) in [6.07, 6.45) is 10.0. The van der Waals surface area contributed by atoms with Crippen molar-refractivity contribution in [2.45, 2.75) is 6.67 Å². The smallest absolute Gasteiger partial charge is 0.245 e. The number of hydrogen-bond acceptors (Lipinski definition) is 1. The molecule has 0 fully saturated rings. The van der Waals surface area contributed by atoms with Crippen LogP contribution >= 0.6 is 12.2 Å². The maximum Gasteiger partial charge on any atom is 0.245 e. The van der Waals surface area contributed by atoms with Crippen LogP contribution in [0.3, 0.4) is 0 Å². The van der Waals surface area contributed by atoms with Crippen LogP contribution in [0.5, 0.6) is 0 Å². The summed E-state index contributed by atoms with van der Waals surface area (Å²) in [7, 11) is 3.95. The highest BCUT2D eigenvalue weighted by atomic mass is 127. The van der Waals surface area contributed by atoms with Crippen molar-refractivity contribution in [1.82, 2.24) is 13.7 Å². The van der Waals surface area contributed by atoms with Gasteiger partial charge >= 0.3 is 0 Å². The zero-order valence-corrected chi connectivity index (χ0v) is 11.6. The number of imidazole rings is 2. The van der Waals surface area contributed by atoms with E-state index in [4.69, 9.17) is 12.2 Å². The second-order valence-corrected chi connectivity index (χ2v) is 3.76. The first-order chi connectivity index (χ1) is 6.66. The lowest BCUT2D eigenvalue weighted by Crippen LogP contribution is -3.00. The summed E-state index contributed by atoms with van der Waals surface area (Å²) in [5, 5.41) is 0. The van der Waals surface area contributed by atoms with Gasteiger partial charge in [-0.15, -0.1) is 0 Å². The van der Waals surface area contributed by atoms with Gasteiger partial charge in [-0.3, -0.25) is 4.57 Å². The van der Waals surface area contributed by atoms with Crippen molar-refractivity contribution < 1.29 is 28.5 Å². The lowest BCUT2D eigenvalue weighted by atomic mass is 10.8. The van der Waals surface area contributed by atoms with E-state index in [1.54, 1.807) is 0 Å². The van der Waals surface area contributed by atoms with Crippen LogP contribution in [0.25, 0.3) is 0 Å². The van der Waals surface area contributed by atoms with Crippen molar-refractivity contribution in [3.8, 4) is 0 Å². The van der Waals surface area contributed by atoms with Crippen molar-refractivity contribution in [3.63, 3.8) is 0 Å². The van der Waals surface area contributed by atoms with Gasteiger partial charge in [0, 0.05) is 19.4 Å². The van der Waals surface area contributed by atoms with Crippen molar-refractivity contribution in [2.24, 2.45) is 14.1 Å². The fourth-order valence-corrected chi connectivity index (χ4v) is 1.56. The number of halogens is 1. The van der Waals surface area contributed by atoms with E-state index in [9.17, 15) is 0 Å². The van der Waals surface area contributed by atoms with E-state index in [-0.39, 0.29) is 24.0 Å². The fourth-order valence-electron chi connectivity index (χ4n) is 1.38. The molecule has 0 aliphatic rings. The molecule has 0 radical (unpaired) electrons. The minimum Gasteiger partial charge on any atom is -1.00 e. The predicted octanol–water partition coefficient (Wildman–Crippen LogP) is -2.31. The molecule has 6 heteroatoms. The Bertz CT molecular complexity index is 496. The summed E-state index contributed by atoms with van der Waals surface area (Å²) < 4.78 is 8.87. The standard InChI is InChI=1S/C9H13N4S.HI/c1-10-3-5-12(7-10)8-13-6-4-11(2)9(13)14;/h3-7H,8H2,1-2H3;1H/q+1;/p-1. The Morgan fingerprint density at radius 3 is 2.53 bits per heavy atom. The molecule has 2 rings (SSSR count). The van der Waals surface area contributed by atoms with Gasteiger partial charge in [-0.2, -0.15) is 0 Å². The molecule has 0 aromatic carbocycles. The van der Waals surface area contributed by atoms with Gasteiger partial charge in [0.2, 0.25) is 6.33 Å². The Morgan fingerprint density at radius 2 is 2.07 bits per heavy atom. The molecular formula is C9H13IN4S. The van der Waals surface area contributed by atoms with Gasteiger partial charge in [0.15, 0.2) is 11.4 Å². The van der Waals surface area contributed by atoms with Crippen LogP contribution in [-0.4, -0.2) is 13.7 Å². The lowest BCUT2D eigenvalue weighted by Gasteiger charge is -1.97. The van der Waals surface area contributed by atoms with E-state index in [1.807, 2.05) is 58.9 Å². The van der Waals surface area contributed by atoms with E-state index in [0.717, 1.165) is 11.4 Å². The first kappa shape index (κ1) is 12.4. The molecule has 82 valence electrons. The molecule has 2 aromatic heterocycles. The van der Waals surface area contributed by atoms with Gasteiger partial charge < -0.3 is 28.5 Å². The summed E-state index contributed by atoms with van der Waals surface area (Å²) in [6, 6.07) is 0. The van der Waals surface area contributed by atoms with Crippen LogP contribution in [0.4, 0.5) is 0 Å². The van der Waals surface area contributed by atoms with Crippen LogP contribution in [-0.2, 0) is 20.8 Å². The number of aromatic nitrogens is 4. The molecule has 0 aliphatic carbocycles. The highest BCUT2D eigenvalue weighted by Gasteiger charge is 2.02. The third-order valence-corrected chi connectivity index (χ3v) is 2.68. The minimum atomic E-state index is 0. The molecule has 0 saturated heterocycles. The second-order valence-electron chi connectivity index (χ2n) is 3.40. The summed E-state index contributed by atoms with van der Waals surface area (Å²) in [5.41, 5.74) is 0. The molecule has 0 N–H and O–H groups in total. The first-order valence-corrected chi connectivity index (χ1v) is 4.80. The Morgan fingerprint density at radius 1 is 1.33 bits per heavy atom. The van der Waals surface area contributed by atoms with Gasteiger partial charge in [0.1, 0.15) is 12.4 Å². The van der Waals surface area contributed by atoms with Crippen molar-refractivity contribution in [3.05, 3.63) is 35.9 Å². The average molecular weight is 336 g/mol. The average Bonchev–Trinajstić information content (AvgIpc) is 2.67. The summed E-state index contributed by atoms with van der Waals surface area (Å²) in [6.45, 7) is 0.764. The second kappa shape index (κ2) is 4.93. The molecule has 0 spiro atoms. The number of aryl methyl sites for hydroxylation is 2. The van der Waals surface area contributed by atoms with Crippen LogP contribution in [0, 0.1) is 4.77 Å². The topological polar surface area (TPSA) is 18.7 Å². The lowest BCUT2D eigenvalue weighted by molar-refractivity contribution is -0.671. The summed E-state index contributed by atoms with van der Waals surface area (Å²) in [4.78, 5) is 0. The number of rotatable bonds is 2. The van der Waals surface area contributed by atoms with Crippen LogP contribution in [0.15, 0.2) is 31.1 Å². The van der Waals surface area contributed by atoms with E-state index in [1.165, 1.54) is 0 Å². The molecule has 0 saturated carbocycles. The van der Waals surface area contributed by atoms with E-state index in [2.05, 4.69) is 4.57 Å². The Labute approximate surface area is 111 Å². The van der Waals surface area contributed by atoms with Gasteiger partial charge in [0.25, 0.3) is 0 Å². The third kappa shape index (κ3) is 2.69. The Hall–Kier alpha value is -0.630. The van der Waals surface area contributed by atoms with Gasteiger partial charge in [-0.05, 0) is 12.2 Å². The van der Waals surface area contributed by atoms with E-state index >= 15 is 0 Å². The quantitative estimate of drug-likeness (QED) is 0.343. The van der Waals surface area contributed by atoms with Crippen molar-refractivity contribution in [2.75, 3.05) is 0 Å². The maximum absolute atomic E-state index is 5.24. The number of nitrogens with zero attached hydrogens (tertiary/aromatic N) is 4. The summed E-state index contributed by atoms with van der Waals surface area (Å²) >= 11 is 5.24. The molecule has 0 unspecified atom stereocenters. The van der Waals surface area contributed by atoms with Crippen LogP contribution in [0.2, 0.25) is 0 Å². The minimum absolute atomic E-state index is 0. The van der Waals surface area contributed by atoms with E-state index in [0.29, 0.717) is 0 Å². The van der Waals surface area contributed by atoms with Gasteiger partial charge in [-0.25, -0.2) is 9.13 Å². The van der Waals surface area contributed by atoms with Crippen LogP contribution in [0.1, 0.15) is 0 Å². The molecule has 0 bridgehead atoms. The first-order valence-electron chi connectivity index (χ1n) is 4.39. The monoisotopic (exact) mass is 336 g/mol. The van der Waals surface area contributed by atoms with Gasteiger partial charge in [-0.1, -0.05) is 0 Å². The van der Waals surface area contributed by atoms with Gasteiger partial charge in [0.05, 0.1) is 7.05 Å². The zero-order valence-electron chi connectivity index (χ0n) is 8.67. The Balaban J connectivity index is 0.00000112. The number of hydrogen-bond donors (Lipinski definition) is 0. The van der Waals surface area contributed by atoms with Crippen molar-refractivity contribution in [1.29, 1.82) is 0 Å². The molecule has 2 aromatic rings. The molecule has 0 amide bonds. The fraction of sp³-hybridized carbons (Fsp3) is 0.333. The third-order valence-electron chi connectivity index (χ3n) is 2.16. The zero-order chi connectivity index (χ0) is 10.1. The Kier molecular flexibility index (Phi) is 4.09. The van der Waals surface area contributed by atoms with Crippen LogP contribution < -0.4 is 28.5 Å². The maximum atomic E-state index is 5.24. The van der Waals surface area contributed by atoms with Crippen molar-refractivity contribution >= 4 is 12.2 Å². The summed E-state index contributed by atoms with van der Waals surface area (Å²) in [5.74, 6) is 0. The molecule has 4 nitrogen and oxygen atoms in total. The molecule has 0 aliphatic heterocycles. The van der Waals surface area contributed by atoms with E-state index < -0.39 is 0 Å². The normalized spacial score (nSPS) is 10.0. The molecule has 2 heterocycles. The highest BCUT2D eigenvalue weighted by Crippen LogP contribution is 1.96. The largest absolute Gasteiger partial charge is 1.00 e. The molecule has 0 atom stereocenters. The molecule has 15 heavy (non-hydrogen) atoms. The predicted molar refractivity (Wildman–Crippen MR) is 55.2 cm³/mol. The SMILES string of the molecule is Cn1ccn(Cn2cc[n+](C)c2)c1=S.[I-]. The highest BCUT2D eigenvalue weighted by molar-refractivity contribution is 7.71. The molecular weight excluding hydrogens is 323 g/mol.